The van der Waals surface area contributed by atoms with Gasteiger partial charge in [-0.05, 0) is 0 Å². The summed E-state index contributed by atoms with van der Waals surface area (Å²) in [5.41, 5.74) is 0. The molecule has 2 heterocycles. The summed E-state index contributed by atoms with van der Waals surface area (Å²) in [6.07, 6.45) is 1.70. The number of hydrogen-bond donors (Lipinski definition) is 0. The van der Waals surface area contributed by atoms with Gasteiger partial charge in [-0.2, -0.15) is 0 Å². The van der Waals surface area contributed by atoms with E-state index in [0.717, 1.165) is 5.01 Å². The molecule has 0 aromatic carbocycles. The summed E-state index contributed by atoms with van der Waals surface area (Å²) in [4.78, 5) is 27.6. The summed E-state index contributed by atoms with van der Waals surface area (Å²) in [5, 5.41) is 2.76. The molecule has 74 valence electrons. The second-order valence-corrected chi connectivity index (χ2v) is 3.90. The molecule has 1 aromatic heterocycles. The van der Waals surface area contributed by atoms with Gasteiger partial charge in [0.15, 0.2) is 0 Å². The van der Waals surface area contributed by atoms with Gasteiger partial charge in [-0.1, -0.05) is 0 Å². The first-order valence-corrected chi connectivity index (χ1v) is 4.96. The fourth-order valence-electron chi connectivity index (χ4n) is 1.25. The number of thiazole rings is 1. The maximum Gasteiger partial charge on any atom is 0.327 e. The molecule has 0 unspecified atom stereocenters. The Hall–Kier alpha value is -1.27. The highest BCUT2D eigenvalue weighted by Gasteiger charge is 2.24. The fourth-order valence-corrected chi connectivity index (χ4v) is 1.90. The van der Waals surface area contributed by atoms with Crippen LogP contribution in [0.3, 0.4) is 0 Å². The van der Waals surface area contributed by atoms with E-state index in [1.54, 1.807) is 11.1 Å². The molecule has 0 aliphatic carbocycles. The first-order chi connectivity index (χ1) is 6.74. The van der Waals surface area contributed by atoms with Crippen LogP contribution in [0, 0.1) is 0 Å². The van der Waals surface area contributed by atoms with Crippen LogP contribution < -0.4 is 0 Å². The largest absolute Gasteiger partial charge is 0.391 e. The van der Waals surface area contributed by atoms with Crippen molar-refractivity contribution in [3.63, 3.8) is 0 Å². The fraction of sp³-hybridized carbons (Fsp3) is 0.375. The van der Waals surface area contributed by atoms with Gasteiger partial charge in [0.25, 0.3) is 0 Å². The molecule has 0 bridgehead atoms. The lowest BCUT2D eigenvalue weighted by molar-refractivity contribution is -0.167. The van der Waals surface area contributed by atoms with Crippen molar-refractivity contribution < 1.29 is 14.3 Å². The van der Waals surface area contributed by atoms with Crippen molar-refractivity contribution >= 4 is 23.3 Å². The molecule has 0 N–H and O–H groups in total. The number of carbonyl (C=O) groups excluding carboxylic acids is 2. The van der Waals surface area contributed by atoms with Crippen molar-refractivity contribution in [2.75, 3.05) is 13.1 Å². The molecular weight excluding hydrogens is 204 g/mol. The van der Waals surface area contributed by atoms with Crippen LogP contribution in [-0.4, -0.2) is 34.9 Å². The van der Waals surface area contributed by atoms with E-state index < -0.39 is 11.9 Å². The third kappa shape index (κ3) is 2.15. The second-order valence-electron chi connectivity index (χ2n) is 2.92. The quantitative estimate of drug-likeness (QED) is 0.511. The van der Waals surface area contributed by atoms with Gasteiger partial charge in [0, 0.05) is 11.6 Å². The molecule has 0 amide bonds. The Bertz CT molecular complexity index is 333. The van der Waals surface area contributed by atoms with Crippen LogP contribution in [0.5, 0.6) is 0 Å². The number of morpholine rings is 1. The summed E-state index contributed by atoms with van der Waals surface area (Å²) in [7, 11) is 0. The van der Waals surface area contributed by atoms with E-state index in [1.807, 2.05) is 5.38 Å². The molecular formula is C8H8N2O3S. The van der Waals surface area contributed by atoms with Crippen LogP contribution in [-0.2, 0) is 20.9 Å². The summed E-state index contributed by atoms with van der Waals surface area (Å²) >= 11 is 1.50. The predicted octanol–water partition coefficient (Wildman–Crippen LogP) is 0.0285. The molecule has 1 aliphatic rings. The van der Waals surface area contributed by atoms with E-state index in [9.17, 15) is 9.59 Å². The smallest absolute Gasteiger partial charge is 0.327 e. The first kappa shape index (κ1) is 9.29. The summed E-state index contributed by atoms with van der Waals surface area (Å²) < 4.78 is 4.40. The highest BCUT2D eigenvalue weighted by Crippen LogP contribution is 2.10. The normalized spacial score (nSPS) is 18.3. The standard InChI is InChI=1S/C8H8N2O3S/c11-7-4-10(5-8(12)13-7)3-6-9-1-2-14-6/h1-2H,3-5H2. The average molecular weight is 212 g/mol. The van der Waals surface area contributed by atoms with Gasteiger partial charge >= 0.3 is 11.9 Å². The molecule has 1 aromatic rings. The lowest BCUT2D eigenvalue weighted by Gasteiger charge is -2.22. The Morgan fingerprint density at radius 3 is 2.71 bits per heavy atom. The molecule has 0 atom stereocenters. The van der Waals surface area contributed by atoms with Crippen molar-refractivity contribution in [3.05, 3.63) is 16.6 Å². The monoisotopic (exact) mass is 212 g/mol. The van der Waals surface area contributed by atoms with Crippen molar-refractivity contribution in [2.45, 2.75) is 6.54 Å². The lowest BCUT2D eigenvalue weighted by Crippen LogP contribution is -2.42. The Morgan fingerprint density at radius 2 is 2.14 bits per heavy atom. The summed E-state index contributed by atoms with van der Waals surface area (Å²) in [5.74, 6) is -0.976. The number of rotatable bonds is 2. The van der Waals surface area contributed by atoms with E-state index in [4.69, 9.17) is 0 Å². The number of nitrogens with zero attached hydrogens (tertiary/aromatic N) is 2. The number of esters is 2. The maximum atomic E-state index is 10.9. The second kappa shape index (κ2) is 3.85. The zero-order chi connectivity index (χ0) is 9.97. The Kier molecular flexibility index (Phi) is 2.55. The zero-order valence-corrected chi connectivity index (χ0v) is 8.12. The van der Waals surface area contributed by atoms with Crippen molar-refractivity contribution in [1.29, 1.82) is 0 Å². The number of hydrogen-bond acceptors (Lipinski definition) is 6. The topological polar surface area (TPSA) is 59.5 Å². The van der Waals surface area contributed by atoms with Gasteiger partial charge in [-0.3, -0.25) is 14.5 Å². The Balaban J connectivity index is 1.98. The zero-order valence-electron chi connectivity index (χ0n) is 7.30. The molecule has 6 heteroatoms. The van der Waals surface area contributed by atoms with Crippen LogP contribution in [0.25, 0.3) is 0 Å². The molecule has 5 nitrogen and oxygen atoms in total. The molecule has 2 rings (SSSR count). The maximum absolute atomic E-state index is 10.9. The minimum absolute atomic E-state index is 0.158. The Labute approximate surface area is 84.3 Å². The lowest BCUT2D eigenvalue weighted by atomic mass is 10.4. The molecule has 1 saturated heterocycles. The highest BCUT2D eigenvalue weighted by molar-refractivity contribution is 7.09. The van der Waals surface area contributed by atoms with Crippen LogP contribution >= 0.6 is 11.3 Å². The summed E-state index contributed by atoms with van der Waals surface area (Å²) in [6.45, 7) is 0.842. The number of ether oxygens (including phenoxy) is 1. The third-order valence-electron chi connectivity index (χ3n) is 1.78. The predicted molar refractivity (Wildman–Crippen MR) is 48.5 cm³/mol. The van der Waals surface area contributed by atoms with Gasteiger partial charge in [-0.25, -0.2) is 4.98 Å². The van der Waals surface area contributed by atoms with Crippen molar-refractivity contribution in [1.82, 2.24) is 9.88 Å². The molecule has 0 radical (unpaired) electrons. The van der Waals surface area contributed by atoms with E-state index in [1.165, 1.54) is 11.3 Å². The SMILES string of the molecule is O=C1CN(Cc2nccs2)CC(=O)O1. The Morgan fingerprint density at radius 1 is 1.43 bits per heavy atom. The number of aromatic nitrogens is 1. The molecule has 0 spiro atoms. The minimum Gasteiger partial charge on any atom is -0.391 e. The molecule has 1 fully saturated rings. The van der Waals surface area contributed by atoms with Crippen molar-refractivity contribution in [3.8, 4) is 0 Å². The molecule has 1 aliphatic heterocycles. The minimum atomic E-state index is -0.488. The van der Waals surface area contributed by atoms with E-state index in [-0.39, 0.29) is 13.1 Å². The van der Waals surface area contributed by atoms with Crippen LogP contribution in [0.2, 0.25) is 0 Å². The molecule has 14 heavy (non-hydrogen) atoms. The van der Waals surface area contributed by atoms with Gasteiger partial charge in [0.1, 0.15) is 5.01 Å². The van der Waals surface area contributed by atoms with Crippen LogP contribution in [0.15, 0.2) is 11.6 Å². The van der Waals surface area contributed by atoms with E-state index in [0.29, 0.717) is 6.54 Å². The van der Waals surface area contributed by atoms with E-state index >= 15 is 0 Å². The van der Waals surface area contributed by atoms with Gasteiger partial charge in [-0.15, -0.1) is 11.3 Å². The molecule has 0 saturated carbocycles. The average Bonchev–Trinajstić information content (AvgIpc) is 2.54. The van der Waals surface area contributed by atoms with E-state index in [2.05, 4.69) is 9.72 Å². The summed E-state index contributed by atoms with van der Waals surface area (Å²) in [6, 6.07) is 0. The third-order valence-corrected chi connectivity index (χ3v) is 2.54. The van der Waals surface area contributed by atoms with Crippen molar-refractivity contribution in [2.24, 2.45) is 0 Å². The highest BCUT2D eigenvalue weighted by atomic mass is 32.1. The number of cyclic esters (lactones) is 2. The van der Waals surface area contributed by atoms with Crippen LogP contribution in [0.1, 0.15) is 5.01 Å². The number of carbonyl (C=O) groups is 2. The van der Waals surface area contributed by atoms with Crippen LogP contribution in [0.4, 0.5) is 0 Å². The van der Waals surface area contributed by atoms with Gasteiger partial charge in [0.2, 0.25) is 0 Å². The van der Waals surface area contributed by atoms with Gasteiger partial charge < -0.3 is 4.74 Å². The first-order valence-electron chi connectivity index (χ1n) is 4.08. The van der Waals surface area contributed by atoms with Gasteiger partial charge in [0.05, 0.1) is 19.6 Å².